The van der Waals surface area contributed by atoms with Gasteiger partial charge >= 0.3 is 0 Å². The number of nitrogens with one attached hydrogen (secondary N) is 1. The Morgan fingerprint density at radius 1 is 1.24 bits per heavy atom. The second-order valence-electron chi connectivity index (χ2n) is 7.52. The van der Waals surface area contributed by atoms with Crippen molar-refractivity contribution in [2.24, 2.45) is 7.05 Å². The van der Waals surface area contributed by atoms with Gasteiger partial charge in [-0.15, -0.1) is 0 Å². The van der Waals surface area contributed by atoms with Crippen molar-refractivity contribution in [2.75, 3.05) is 11.9 Å². The van der Waals surface area contributed by atoms with Crippen LogP contribution in [-0.4, -0.2) is 38.2 Å². The Morgan fingerprint density at radius 2 is 2.07 bits per heavy atom. The molecule has 0 saturated carbocycles. The summed E-state index contributed by atoms with van der Waals surface area (Å²) in [6.45, 7) is 3.54. The molecule has 1 atom stereocenters. The lowest BCUT2D eigenvalue weighted by molar-refractivity contribution is -0.122. The quantitative estimate of drug-likeness (QED) is 0.656. The third-order valence-electron chi connectivity index (χ3n) is 5.41. The second kappa shape index (κ2) is 8.30. The number of hydrogen-bond donors (Lipinski definition) is 1. The molecule has 29 heavy (non-hydrogen) atoms. The van der Waals surface area contributed by atoms with E-state index in [1.54, 1.807) is 22.9 Å². The summed E-state index contributed by atoms with van der Waals surface area (Å²) >= 11 is 12.0. The SMILES string of the molecule is Cc1nn(C)c2ncc(CN3CCCCC3C(=O)Nc3ccc(Cl)c(Cl)c3)cc12. The van der Waals surface area contributed by atoms with Crippen LogP contribution in [0.1, 0.15) is 30.5 Å². The minimum absolute atomic E-state index is 0.0188. The zero-order chi connectivity index (χ0) is 20.5. The fourth-order valence-corrected chi connectivity index (χ4v) is 4.25. The molecule has 8 heteroatoms. The fraction of sp³-hybridized carbons (Fsp3) is 0.381. The number of aromatic nitrogens is 3. The van der Waals surface area contributed by atoms with Gasteiger partial charge in [0.25, 0.3) is 0 Å². The molecule has 0 aliphatic carbocycles. The molecule has 1 aliphatic heterocycles. The zero-order valence-electron chi connectivity index (χ0n) is 16.5. The minimum atomic E-state index is -0.191. The summed E-state index contributed by atoms with van der Waals surface area (Å²) in [7, 11) is 1.90. The molecule has 6 nitrogen and oxygen atoms in total. The van der Waals surface area contributed by atoms with Crippen LogP contribution >= 0.6 is 23.2 Å². The summed E-state index contributed by atoms with van der Waals surface area (Å²) in [4.78, 5) is 19.8. The molecule has 4 rings (SSSR count). The van der Waals surface area contributed by atoms with E-state index < -0.39 is 0 Å². The molecule has 0 bridgehead atoms. The van der Waals surface area contributed by atoms with Crippen LogP contribution in [-0.2, 0) is 18.4 Å². The largest absolute Gasteiger partial charge is 0.325 e. The number of anilines is 1. The molecule has 0 radical (unpaired) electrons. The van der Waals surface area contributed by atoms with Crippen LogP contribution in [0.5, 0.6) is 0 Å². The summed E-state index contributed by atoms with van der Waals surface area (Å²) < 4.78 is 1.79. The summed E-state index contributed by atoms with van der Waals surface area (Å²) in [6, 6.07) is 7.08. The third-order valence-corrected chi connectivity index (χ3v) is 6.15. The van der Waals surface area contributed by atoms with Crippen LogP contribution < -0.4 is 5.32 Å². The first kappa shape index (κ1) is 20.1. The van der Waals surface area contributed by atoms with Gasteiger partial charge in [-0.3, -0.25) is 14.4 Å². The van der Waals surface area contributed by atoms with E-state index in [2.05, 4.69) is 26.4 Å². The van der Waals surface area contributed by atoms with Crippen molar-refractivity contribution in [3.05, 3.63) is 51.8 Å². The van der Waals surface area contributed by atoms with Crippen molar-refractivity contribution in [1.29, 1.82) is 0 Å². The molecule has 1 unspecified atom stereocenters. The molecule has 1 aromatic carbocycles. The monoisotopic (exact) mass is 431 g/mol. The maximum Gasteiger partial charge on any atom is 0.241 e. The number of amides is 1. The summed E-state index contributed by atoms with van der Waals surface area (Å²) in [6.07, 6.45) is 4.83. The first-order valence-corrected chi connectivity index (χ1v) is 10.5. The van der Waals surface area contributed by atoms with Crippen LogP contribution in [0, 0.1) is 6.92 Å². The lowest BCUT2D eigenvalue weighted by Gasteiger charge is -2.34. The molecule has 2 aromatic heterocycles. The van der Waals surface area contributed by atoms with Crippen molar-refractivity contribution in [1.82, 2.24) is 19.7 Å². The number of aryl methyl sites for hydroxylation is 2. The topological polar surface area (TPSA) is 63.1 Å². The number of rotatable bonds is 4. The van der Waals surface area contributed by atoms with Crippen LogP contribution in [0.4, 0.5) is 5.69 Å². The Balaban J connectivity index is 1.51. The van der Waals surface area contributed by atoms with Crippen LogP contribution in [0.3, 0.4) is 0 Å². The average Bonchev–Trinajstić information content (AvgIpc) is 2.98. The minimum Gasteiger partial charge on any atom is -0.325 e. The lowest BCUT2D eigenvalue weighted by Crippen LogP contribution is -2.46. The van der Waals surface area contributed by atoms with E-state index in [9.17, 15) is 4.79 Å². The van der Waals surface area contributed by atoms with E-state index in [0.717, 1.165) is 48.1 Å². The predicted molar refractivity (Wildman–Crippen MR) is 116 cm³/mol. The maximum absolute atomic E-state index is 13.0. The van der Waals surface area contributed by atoms with Gasteiger partial charge in [-0.2, -0.15) is 5.10 Å². The number of hydrogen-bond acceptors (Lipinski definition) is 4. The van der Waals surface area contributed by atoms with Crippen LogP contribution in [0.2, 0.25) is 10.0 Å². The van der Waals surface area contributed by atoms with Gasteiger partial charge in [-0.1, -0.05) is 29.6 Å². The van der Waals surface area contributed by atoms with Crippen molar-refractivity contribution >= 4 is 45.8 Å². The highest BCUT2D eigenvalue weighted by atomic mass is 35.5. The van der Waals surface area contributed by atoms with E-state index in [1.807, 2.05) is 20.2 Å². The van der Waals surface area contributed by atoms with Gasteiger partial charge in [0, 0.05) is 30.9 Å². The van der Waals surface area contributed by atoms with Gasteiger partial charge < -0.3 is 5.32 Å². The molecular formula is C21H23Cl2N5O. The fourth-order valence-electron chi connectivity index (χ4n) is 3.95. The summed E-state index contributed by atoms with van der Waals surface area (Å²) in [5.41, 5.74) is 3.58. The van der Waals surface area contributed by atoms with Gasteiger partial charge in [-0.05, 0) is 56.1 Å². The van der Waals surface area contributed by atoms with E-state index >= 15 is 0 Å². The Kier molecular flexibility index (Phi) is 5.76. The molecule has 1 N–H and O–H groups in total. The molecule has 1 fully saturated rings. The Bertz CT molecular complexity index is 1060. The predicted octanol–water partition coefficient (Wildman–Crippen LogP) is 4.58. The molecule has 152 valence electrons. The van der Waals surface area contributed by atoms with Gasteiger partial charge in [0.05, 0.1) is 21.8 Å². The molecular weight excluding hydrogens is 409 g/mol. The standard InChI is InChI=1S/C21H23Cl2N5O/c1-13-16-9-14(11-24-20(16)27(2)26-13)12-28-8-4-3-5-19(28)21(29)25-15-6-7-17(22)18(23)10-15/h6-7,9-11,19H,3-5,8,12H2,1-2H3,(H,25,29). The lowest BCUT2D eigenvalue weighted by atomic mass is 10.0. The number of nitrogens with zero attached hydrogens (tertiary/aromatic N) is 4. The van der Waals surface area contributed by atoms with E-state index in [4.69, 9.17) is 23.2 Å². The highest BCUT2D eigenvalue weighted by Gasteiger charge is 2.29. The molecule has 0 spiro atoms. The van der Waals surface area contributed by atoms with Gasteiger partial charge in [-0.25, -0.2) is 4.98 Å². The first-order valence-electron chi connectivity index (χ1n) is 9.70. The van der Waals surface area contributed by atoms with Crippen LogP contribution in [0.25, 0.3) is 11.0 Å². The Labute approximate surface area is 179 Å². The number of benzene rings is 1. The number of likely N-dealkylation sites (tertiary alicyclic amines) is 1. The highest BCUT2D eigenvalue weighted by Crippen LogP contribution is 2.27. The van der Waals surface area contributed by atoms with Crippen molar-refractivity contribution in [3.8, 4) is 0 Å². The van der Waals surface area contributed by atoms with E-state index in [1.165, 1.54) is 0 Å². The van der Waals surface area contributed by atoms with E-state index in [0.29, 0.717) is 22.3 Å². The second-order valence-corrected chi connectivity index (χ2v) is 8.34. The number of pyridine rings is 1. The average molecular weight is 432 g/mol. The third kappa shape index (κ3) is 4.25. The highest BCUT2D eigenvalue weighted by molar-refractivity contribution is 6.42. The van der Waals surface area contributed by atoms with Crippen molar-refractivity contribution in [3.63, 3.8) is 0 Å². The molecule has 1 aliphatic rings. The number of piperidine rings is 1. The molecule has 3 aromatic rings. The number of fused-ring (bicyclic) bond motifs is 1. The molecule has 1 amide bonds. The van der Waals surface area contributed by atoms with Crippen LogP contribution in [0.15, 0.2) is 30.5 Å². The smallest absolute Gasteiger partial charge is 0.241 e. The van der Waals surface area contributed by atoms with Crippen molar-refractivity contribution < 1.29 is 4.79 Å². The Hall–Kier alpha value is -2.15. The Morgan fingerprint density at radius 3 is 2.86 bits per heavy atom. The number of halogens is 2. The molecule has 1 saturated heterocycles. The summed E-state index contributed by atoms with van der Waals surface area (Å²) in [5, 5.41) is 9.37. The summed E-state index contributed by atoms with van der Waals surface area (Å²) in [5.74, 6) is -0.0188. The maximum atomic E-state index is 13.0. The first-order chi connectivity index (χ1) is 13.9. The number of carbonyl (C=O) groups excluding carboxylic acids is 1. The number of carbonyl (C=O) groups is 1. The van der Waals surface area contributed by atoms with Gasteiger partial charge in [0.2, 0.25) is 5.91 Å². The van der Waals surface area contributed by atoms with E-state index in [-0.39, 0.29) is 11.9 Å². The normalized spacial score (nSPS) is 17.6. The van der Waals surface area contributed by atoms with Crippen molar-refractivity contribution in [2.45, 2.75) is 38.8 Å². The van der Waals surface area contributed by atoms with Gasteiger partial charge in [0.1, 0.15) is 0 Å². The zero-order valence-corrected chi connectivity index (χ0v) is 18.0. The molecule has 3 heterocycles. The van der Waals surface area contributed by atoms with Gasteiger partial charge in [0.15, 0.2) is 5.65 Å².